The molecule has 3 nitrogen and oxygen atoms in total. The van der Waals surface area contributed by atoms with Crippen LogP contribution in [0.5, 0.6) is 0 Å². The van der Waals surface area contributed by atoms with E-state index in [-0.39, 0.29) is 0 Å². The summed E-state index contributed by atoms with van der Waals surface area (Å²) >= 11 is 0. The van der Waals surface area contributed by atoms with Gasteiger partial charge in [0.1, 0.15) is 11.6 Å². The Labute approximate surface area is 105 Å². The fourth-order valence-electron chi connectivity index (χ4n) is 2.00. The van der Waals surface area contributed by atoms with E-state index >= 15 is 0 Å². The number of nitrogens with one attached hydrogen (secondary N) is 1. The Morgan fingerprint density at radius 3 is 2.59 bits per heavy atom. The minimum Gasteiger partial charge on any atom is -0.370 e. The first kappa shape index (κ1) is 13.9. The van der Waals surface area contributed by atoms with Crippen molar-refractivity contribution in [3.05, 3.63) is 17.6 Å². The molecule has 0 aliphatic heterocycles. The second kappa shape index (κ2) is 7.25. The second-order valence-electron chi connectivity index (χ2n) is 4.74. The molecule has 1 aromatic heterocycles. The van der Waals surface area contributed by atoms with Crippen molar-refractivity contribution in [2.24, 2.45) is 5.92 Å². The first-order valence-electron chi connectivity index (χ1n) is 6.71. The van der Waals surface area contributed by atoms with E-state index in [9.17, 15) is 0 Å². The van der Waals surface area contributed by atoms with Gasteiger partial charge in [0.2, 0.25) is 0 Å². The van der Waals surface area contributed by atoms with Crippen LogP contribution in [-0.2, 0) is 0 Å². The molecule has 3 heteroatoms. The molecule has 0 bridgehead atoms. The monoisotopic (exact) mass is 235 g/mol. The van der Waals surface area contributed by atoms with Crippen molar-refractivity contribution in [2.45, 2.75) is 53.4 Å². The van der Waals surface area contributed by atoms with Crippen molar-refractivity contribution in [1.29, 1.82) is 0 Å². The number of unbranched alkanes of at least 4 members (excludes halogenated alkanes) is 1. The number of anilines is 1. The zero-order chi connectivity index (χ0) is 12.7. The fraction of sp³-hybridized carbons (Fsp3) is 0.714. The predicted molar refractivity (Wildman–Crippen MR) is 73.3 cm³/mol. The topological polar surface area (TPSA) is 37.8 Å². The molecule has 17 heavy (non-hydrogen) atoms. The van der Waals surface area contributed by atoms with E-state index < -0.39 is 0 Å². The van der Waals surface area contributed by atoms with E-state index in [0.717, 1.165) is 29.8 Å². The minimum absolute atomic E-state index is 0.755. The van der Waals surface area contributed by atoms with Crippen LogP contribution in [0.4, 0.5) is 5.82 Å². The molecule has 1 rings (SSSR count). The maximum atomic E-state index is 4.40. The highest BCUT2D eigenvalue weighted by atomic mass is 15.0. The molecule has 1 heterocycles. The molecule has 0 spiro atoms. The summed E-state index contributed by atoms with van der Waals surface area (Å²) in [5, 5.41) is 3.44. The van der Waals surface area contributed by atoms with Crippen molar-refractivity contribution >= 4 is 5.82 Å². The molecular weight excluding hydrogens is 210 g/mol. The van der Waals surface area contributed by atoms with Crippen LogP contribution in [0.25, 0.3) is 0 Å². The van der Waals surface area contributed by atoms with E-state index in [1.54, 1.807) is 0 Å². The lowest BCUT2D eigenvalue weighted by atomic mass is 9.99. The summed E-state index contributed by atoms with van der Waals surface area (Å²) in [6.07, 6.45) is 5.14. The Morgan fingerprint density at radius 2 is 2.00 bits per heavy atom. The van der Waals surface area contributed by atoms with E-state index in [4.69, 9.17) is 0 Å². The highest BCUT2D eigenvalue weighted by Gasteiger charge is 2.06. The van der Waals surface area contributed by atoms with Gasteiger partial charge in [0.05, 0.1) is 0 Å². The molecule has 1 N–H and O–H groups in total. The highest BCUT2D eigenvalue weighted by molar-refractivity contribution is 5.35. The predicted octanol–water partition coefficient (Wildman–Crippen LogP) is 3.72. The van der Waals surface area contributed by atoms with Crippen molar-refractivity contribution in [2.75, 3.05) is 11.9 Å². The third kappa shape index (κ3) is 5.16. The zero-order valence-electron chi connectivity index (χ0n) is 11.6. The third-order valence-corrected chi connectivity index (χ3v) is 3.08. The van der Waals surface area contributed by atoms with E-state index in [1.165, 1.54) is 25.7 Å². The van der Waals surface area contributed by atoms with Crippen LogP contribution >= 0.6 is 0 Å². The highest BCUT2D eigenvalue weighted by Crippen LogP contribution is 2.14. The van der Waals surface area contributed by atoms with Gasteiger partial charge < -0.3 is 5.32 Å². The third-order valence-electron chi connectivity index (χ3n) is 3.08. The first-order chi connectivity index (χ1) is 8.15. The molecule has 0 aliphatic rings. The second-order valence-corrected chi connectivity index (χ2v) is 4.74. The van der Waals surface area contributed by atoms with Crippen LogP contribution in [-0.4, -0.2) is 16.5 Å². The van der Waals surface area contributed by atoms with Gasteiger partial charge in [-0.05, 0) is 26.2 Å². The lowest BCUT2D eigenvalue weighted by Crippen LogP contribution is -2.15. The van der Waals surface area contributed by atoms with Gasteiger partial charge in [-0.1, -0.05) is 33.1 Å². The number of hydrogen-bond acceptors (Lipinski definition) is 3. The summed E-state index contributed by atoms with van der Waals surface area (Å²) in [6, 6.07) is 2.01. The fourth-order valence-corrected chi connectivity index (χ4v) is 2.00. The molecular formula is C14H25N3. The van der Waals surface area contributed by atoms with Crippen LogP contribution in [0.15, 0.2) is 6.07 Å². The molecule has 0 radical (unpaired) electrons. The maximum Gasteiger partial charge on any atom is 0.129 e. The van der Waals surface area contributed by atoms with Gasteiger partial charge in [-0.25, -0.2) is 9.97 Å². The molecule has 0 saturated carbocycles. The Hall–Kier alpha value is -1.12. The van der Waals surface area contributed by atoms with Gasteiger partial charge in [0.25, 0.3) is 0 Å². The molecule has 0 aliphatic carbocycles. The summed E-state index contributed by atoms with van der Waals surface area (Å²) in [5.41, 5.74) is 1.03. The lowest BCUT2D eigenvalue weighted by molar-refractivity contribution is 0.472. The first-order valence-corrected chi connectivity index (χ1v) is 6.71. The normalized spacial score (nSPS) is 12.5. The smallest absolute Gasteiger partial charge is 0.129 e. The summed E-state index contributed by atoms with van der Waals surface area (Å²) in [6.45, 7) is 9.48. The standard InChI is InChI=1S/C14H25N3/c1-5-7-8-13(6-2)10-15-14-9-11(3)16-12(4)17-14/h9,13H,5-8,10H2,1-4H3,(H,15,16,17). The average molecular weight is 235 g/mol. The lowest BCUT2D eigenvalue weighted by Gasteiger charge is -2.16. The van der Waals surface area contributed by atoms with Gasteiger partial charge in [0, 0.05) is 18.3 Å². The molecule has 1 aromatic rings. The Morgan fingerprint density at radius 1 is 1.24 bits per heavy atom. The van der Waals surface area contributed by atoms with Crippen molar-refractivity contribution < 1.29 is 0 Å². The van der Waals surface area contributed by atoms with Crippen LogP contribution in [0.1, 0.15) is 51.0 Å². The summed E-state index contributed by atoms with van der Waals surface area (Å²) < 4.78 is 0. The van der Waals surface area contributed by atoms with Gasteiger partial charge in [-0.15, -0.1) is 0 Å². The van der Waals surface area contributed by atoms with Gasteiger partial charge in [-0.3, -0.25) is 0 Å². The minimum atomic E-state index is 0.755. The SMILES string of the molecule is CCCCC(CC)CNc1cc(C)nc(C)n1. The zero-order valence-corrected chi connectivity index (χ0v) is 11.6. The van der Waals surface area contributed by atoms with Crippen LogP contribution < -0.4 is 5.32 Å². The molecule has 96 valence electrons. The summed E-state index contributed by atoms with van der Waals surface area (Å²) in [5.74, 6) is 2.56. The Kier molecular flexibility index (Phi) is 5.95. The number of rotatable bonds is 7. The molecule has 1 atom stereocenters. The summed E-state index contributed by atoms with van der Waals surface area (Å²) in [4.78, 5) is 8.68. The molecule has 0 amide bonds. The number of hydrogen-bond donors (Lipinski definition) is 1. The van der Waals surface area contributed by atoms with E-state index in [1.807, 2.05) is 19.9 Å². The van der Waals surface area contributed by atoms with E-state index in [0.29, 0.717) is 0 Å². The largest absolute Gasteiger partial charge is 0.370 e. The van der Waals surface area contributed by atoms with Crippen molar-refractivity contribution in [1.82, 2.24) is 9.97 Å². The molecule has 1 unspecified atom stereocenters. The Balaban J connectivity index is 2.47. The average Bonchev–Trinajstić information content (AvgIpc) is 2.28. The van der Waals surface area contributed by atoms with Crippen LogP contribution in [0.3, 0.4) is 0 Å². The van der Waals surface area contributed by atoms with E-state index in [2.05, 4.69) is 29.1 Å². The van der Waals surface area contributed by atoms with Gasteiger partial charge >= 0.3 is 0 Å². The molecule has 0 saturated heterocycles. The summed E-state index contributed by atoms with van der Waals surface area (Å²) in [7, 11) is 0. The van der Waals surface area contributed by atoms with Crippen molar-refractivity contribution in [3.63, 3.8) is 0 Å². The van der Waals surface area contributed by atoms with Crippen LogP contribution in [0.2, 0.25) is 0 Å². The quantitative estimate of drug-likeness (QED) is 0.782. The molecule has 0 aromatic carbocycles. The Bertz CT molecular complexity index is 316. The van der Waals surface area contributed by atoms with Gasteiger partial charge in [-0.2, -0.15) is 0 Å². The van der Waals surface area contributed by atoms with Crippen LogP contribution in [0, 0.1) is 19.8 Å². The van der Waals surface area contributed by atoms with Crippen molar-refractivity contribution in [3.8, 4) is 0 Å². The number of nitrogens with zero attached hydrogens (tertiary/aromatic N) is 2. The van der Waals surface area contributed by atoms with Gasteiger partial charge in [0.15, 0.2) is 0 Å². The number of aromatic nitrogens is 2. The molecule has 0 fully saturated rings. The maximum absolute atomic E-state index is 4.40. The number of aryl methyl sites for hydroxylation is 2.